The van der Waals surface area contributed by atoms with Gasteiger partial charge in [-0.05, 0) is 24.2 Å². The van der Waals surface area contributed by atoms with Crippen LogP contribution in [0.1, 0.15) is 6.42 Å². The first-order valence-electron chi connectivity index (χ1n) is 6.29. The molecule has 0 aromatic heterocycles. The first-order valence-corrected chi connectivity index (χ1v) is 8.61. The number of carbonyl (C=O) groups is 1. The van der Waals surface area contributed by atoms with Crippen molar-refractivity contribution >= 4 is 75.4 Å². The number of carbonyl (C=O) groups excluding carboxylic acids is 1. The molecule has 4 bridgehead atoms. The summed E-state index contributed by atoms with van der Waals surface area (Å²) >= 11 is 40.2. The highest BCUT2D eigenvalue weighted by Crippen LogP contribution is 2.90. The molecule has 19 heavy (non-hydrogen) atoms. The van der Waals surface area contributed by atoms with E-state index in [4.69, 9.17) is 69.6 Å². The summed E-state index contributed by atoms with van der Waals surface area (Å²) < 4.78 is -1.40. The van der Waals surface area contributed by atoms with Crippen LogP contribution < -0.4 is 0 Å². The van der Waals surface area contributed by atoms with Gasteiger partial charge >= 0.3 is 0 Å². The molecule has 0 amide bonds. The minimum atomic E-state index is -1.40. The summed E-state index contributed by atoms with van der Waals surface area (Å²) in [6, 6.07) is 0. The van der Waals surface area contributed by atoms with Gasteiger partial charge in [0.25, 0.3) is 0 Å². The van der Waals surface area contributed by atoms with Crippen molar-refractivity contribution in [3.8, 4) is 0 Å². The second kappa shape index (κ2) is 2.93. The van der Waals surface area contributed by atoms with Crippen molar-refractivity contribution in [1.82, 2.24) is 0 Å². The van der Waals surface area contributed by atoms with Crippen LogP contribution in [0.15, 0.2) is 0 Å². The summed E-state index contributed by atoms with van der Waals surface area (Å²) in [5, 5.41) is -0.693. The van der Waals surface area contributed by atoms with E-state index in [0.717, 1.165) is 6.42 Å². The highest BCUT2D eigenvalue weighted by atomic mass is 35.5. The van der Waals surface area contributed by atoms with Crippen LogP contribution in [0.4, 0.5) is 0 Å². The lowest BCUT2D eigenvalue weighted by Crippen LogP contribution is -2.54. The first kappa shape index (κ1) is 12.9. The number of hydrogen-bond donors (Lipinski definition) is 0. The van der Waals surface area contributed by atoms with Crippen LogP contribution in [0.25, 0.3) is 0 Å². The smallest absolute Gasteiger partial charge is 0.160 e. The fourth-order valence-electron chi connectivity index (χ4n) is 6.19. The highest BCUT2D eigenvalue weighted by Gasteiger charge is 3.00. The van der Waals surface area contributed by atoms with Gasteiger partial charge in [-0.1, -0.05) is 23.2 Å². The molecular formula is C12H8Cl6O. The normalized spacial score (nSPS) is 73.7. The average Bonchev–Trinajstić information content (AvgIpc) is 2.95. The third kappa shape index (κ3) is 0.788. The Morgan fingerprint density at radius 3 is 2.26 bits per heavy atom. The number of ketones is 1. The van der Waals surface area contributed by atoms with E-state index in [1.165, 1.54) is 0 Å². The van der Waals surface area contributed by atoms with Crippen LogP contribution in [0, 0.1) is 29.6 Å². The lowest BCUT2D eigenvalue weighted by molar-refractivity contribution is -0.126. The summed E-state index contributed by atoms with van der Waals surface area (Å²) in [6.45, 7) is 0. The van der Waals surface area contributed by atoms with E-state index < -0.39 is 24.3 Å². The van der Waals surface area contributed by atoms with Crippen molar-refractivity contribution in [3.63, 3.8) is 0 Å². The van der Waals surface area contributed by atoms with E-state index in [9.17, 15) is 4.79 Å². The third-order valence-electron chi connectivity index (χ3n) is 6.54. The van der Waals surface area contributed by atoms with Gasteiger partial charge in [-0.2, -0.15) is 0 Å². The maximum atomic E-state index is 12.6. The zero-order valence-electron chi connectivity index (χ0n) is 9.35. The second-order valence-electron chi connectivity index (χ2n) is 6.62. The highest BCUT2D eigenvalue weighted by molar-refractivity contribution is 6.64. The number of fused-ring (bicyclic) bond motifs is 5. The Morgan fingerprint density at radius 1 is 1.00 bits per heavy atom. The third-order valence-corrected chi connectivity index (χ3v) is 11.5. The number of hydrogen-bond acceptors (Lipinski definition) is 1. The molecule has 5 aliphatic rings. The summed E-state index contributed by atoms with van der Waals surface area (Å²) in [5.74, 6) is -0.312. The molecule has 5 fully saturated rings. The molecule has 0 saturated heterocycles. The Balaban J connectivity index is 1.95. The van der Waals surface area contributed by atoms with Crippen LogP contribution in [-0.2, 0) is 4.79 Å². The van der Waals surface area contributed by atoms with Crippen LogP contribution in [0.5, 0.6) is 0 Å². The quantitative estimate of drug-likeness (QED) is 0.584. The van der Waals surface area contributed by atoms with Crippen LogP contribution in [-0.4, -0.2) is 30.1 Å². The Morgan fingerprint density at radius 2 is 1.63 bits per heavy atom. The molecule has 5 saturated carbocycles. The molecule has 0 heterocycles. The predicted octanol–water partition coefficient (Wildman–Crippen LogP) is 3.81. The number of halogens is 6. The lowest BCUT2D eigenvalue weighted by Gasteiger charge is -2.41. The largest absolute Gasteiger partial charge is 0.299 e. The van der Waals surface area contributed by atoms with Gasteiger partial charge in [-0.25, -0.2) is 0 Å². The fraction of sp³-hybridized carbons (Fsp3) is 0.917. The summed E-state index contributed by atoms with van der Waals surface area (Å²) in [5.41, 5.74) is 0. The Hall–Kier alpha value is 1.41. The topological polar surface area (TPSA) is 17.1 Å². The van der Waals surface area contributed by atoms with E-state index in [2.05, 4.69) is 0 Å². The van der Waals surface area contributed by atoms with Crippen molar-refractivity contribution in [3.05, 3.63) is 0 Å². The number of Topliss-reactive ketones (excluding diaryl/α,β-unsaturated/α-hetero) is 1. The number of rotatable bonds is 0. The van der Waals surface area contributed by atoms with E-state index in [0.29, 0.717) is 0 Å². The van der Waals surface area contributed by atoms with Crippen LogP contribution in [0.3, 0.4) is 0 Å². The Labute approximate surface area is 140 Å². The molecule has 0 spiro atoms. The van der Waals surface area contributed by atoms with Gasteiger partial charge in [-0.15, -0.1) is 46.4 Å². The van der Waals surface area contributed by atoms with Crippen molar-refractivity contribution in [1.29, 1.82) is 0 Å². The zero-order valence-corrected chi connectivity index (χ0v) is 13.9. The lowest BCUT2D eigenvalue weighted by atomic mass is 9.76. The summed E-state index contributed by atoms with van der Waals surface area (Å²) in [4.78, 5) is 9.19. The van der Waals surface area contributed by atoms with Gasteiger partial charge in [-0.3, -0.25) is 4.79 Å². The second-order valence-corrected chi connectivity index (χ2v) is 10.2. The van der Waals surface area contributed by atoms with E-state index in [1.807, 2.05) is 0 Å². The molecule has 5 rings (SSSR count). The van der Waals surface area contributed by atoms with Gasteiger partial charge in [0.2, 0.25) is 0 Å². The molecule has 9 atom stereocenters. The molecule has 7 heteroatoms. The predicted molar refractivity (Wildman–Crippen MR) is 76.9 cm³/mol. The molecule has 0 aliphatic heterocycles. The molecule has 0 aromatic carbocycles. The fourth-order valence-corrected chi connectivity index (χ4v) is 10.2. The average molecular weight is 381 g/mol. The first-order chi connectivity index (χ1) is 8.66. The van der Waals surface area contributed by atoms with Crippen molar-refractivity contribution in [2.24, 2.45) is 29.6 Å². The molecule has 0 radical (unpaired) electrons. The monoisotopic (exact) mass is 378 g/mol. The molecular weight excluding hydrogens is 373 g/mol. The van der Waals surface area contributed by atoms with E-state index >= 15 is 0 Å². The van der Waals surface area contributed by atoms with E-state index in [1.54, 1.807) is 0 Å². The van der Waals surface area contributed by atoms with Gasteiger partial charge in [0.15, 0.2) is 4.33 Å². The van der Waals surface area contributed by atoms with Crippen molar-refractivity contribution in [2.75, 3.05) is 0 Å². The van der Waals surface area contributed by atoms with Gasteiger partial charge in [0.05, 0.1) is 10.3 Å². The maximum Gasteiger partial charge on any atom is 0.160 e. The molecule has 0 aromatic rings. The molecule has 0 N–H and O–H groups in total. The van der Waals surface area contributed by atoms with E-state index in [-0.39, 0.29) is 35.4 Å². The number of alkyl halides is 6. The van der Waals surface area contributed by atoms with Gasteiger partial charge in [0, 0.05) is 11.8 Å². The van der Waals surface area contributed by atoms with Crippen LogP contribution >= 0.6 is 69.6 Å². The minimum absolute atomic E-state index is 0.00173. The minimum Gasteiger partial charge on any atom is -0.299 e. The maximum absolute atomic E-state index is 12.6. The summed E-state index contributed by atoms with van der Waals surface area (Å²) in [7, 11) is 0. The molecule has 5 aliphatic carbocycles. The van der Waals surface area contributed by atoms with Crippen molar-refractivity contribution in [2.45, 2.75) is 30.8 Å². The summed E-state index contributed by atoms with van der Waals surface area (Å²) in [6.07, 6.45) is 0.809. The van der Waals surface area contributed by atoms with Gasteiger partial charge in [0.1, 0.15) is 15.5 Å². The Kier molecular flexibility index (Phi) is 1.99. The molecule has 0 unspecified atom stereocenters. The molecule has 1 nitrogen and oxygen atoms in total. The zero-order chi connectivity index (χ0) is 13.7. The molecule has 104 valence electrons. The van der Waals surface area contributed by atoms with Crippen molar-refractivity contribution < 1.29 is 4.79 Å². The SMILES string of the molecule is O=C1[C@@H]2C[C@@H]3[C@H]4[C@@H]2[C@@]2(Cl)[C@H](Cl)[C@@](Cl)([C@@H]13)[C@]4(Cl)C2(Cl)Cl. The Bertz CT molecular complexity index is 564. The standard InChI is InChI=1S/C12H8Cl6O/c13-8-9(14)6-2-1-3(7(6)19)4-5(2)11(9,16)12(17,18)10(4,8)15/h2-6,8H,1H2/t2-,3-,4-,5+,6-,8-,9+,10-,11+/m1/s1. The van der Waals surface area contributed by atoms with Gasteiger partial charge < -0.3 is 0 Å². The van der Waals surface area contributed by atoms with Crippen LogP contribution in [0.2, 0.25) is 0 Å².